The van der Waals surface area contributed by atoms with E-state index in [1.165, 1.54) is 0 Å². The zero-order valence-corrected chi connectivity index (χ0v) is 6.97. The van der Waals surface area contributed by atoms with Gasteiger partial charge in [-0.2, -0.15) is 0 Å². The SMILES string of the molecule is C#CC1(NC(=O)O)CCCCC1. The standard InChI is InChI=1S/C9H13NO2/c1-2-9(10-8(11)12)6-4-3-5-7-9/h1,10H,3-7H2,(H,11,12). The molecule has 2 N–H and O–H groups in total. The lowest BCUT2D eigenvalue weighted by molar-refractivity contribution is 0.177. The summed E-state index contributed by atoms with van der Waals surface area (Å²) in [4.78, 5) is 10.4. The molecule has 1 aliphatic carbocycles. The molecule has 3 heteroatoms. The topological polar surface area (TPSA) is 49.3 Å². The van der Waals surface area contributed by atoms with Gasteiger partial charge in [-0.1, -0.05) is 25.2 Å². The first-order valence-corrected chi connectivity index (χ1v) is 4.17. The van der Waals surface area contributed by atoms with Crippen LogP contribution < -0.4 is 5.32 Å². The highest BCUT2D eigenvalue weighted by Crippen LogP contribution is 2.27. The number of amides is 1. The van der Waals surface area contributed by atoms with Crippen molar-refractivity contribution in [3.8, 4) is 12.3 Å². The van der Waals surface area contributed by atoms with Crippen LogP contribution in [0.5, 0.6) is 0 Å². The summed E-state index contributed by atoms with van der Waals surface area (Å²) in [6.45, 7) is 0. The van der Waals surface area contributed by atoms with E-state index in [0.717, 1.165) is 32.1 Å². The predicted octanol–water partition coefficient (Wildman–Crippen LogP) is 1.59. The molecule has 12 heavy (non-hydrogen) atoms. The number of hydrogen-bond acceptors (Lipinski definition) is 1. The smallest absolute Gasteiger partial charge is 0.405 e. The van der Waals surface area contributed by atoms with Gasteiger partial charge >= 0.3 is 6.09 Å². The molecule has 0 heterocycles. The summed E-state index contributed by atoms with van der Waals surface area (Å²) in [6.07, 6.45) is 9.03. The molecule has 1 fully saturated rings. The van der Waals surface area contributed by atoms with Crippen LogP contribution in [0.25, 0.3) is 0 Å². The van der Waals surface area contributed by atoms with Crippen molar-refractivity contribution in [3.63, 3.8) is 0 Å². The number of carboxylic acid groups (broad SMARTS) is 1. The fourth-order valence-electron chi connectivity index (χ4n) is 1.67. The van der Waals surface area contributed by atoms with Crippen molar-refractivity contribution in [2.24, 2.45) is 0 Å². The quantitative estimate of drug-likeness (QED) is 0.582. The van der Waals surface area contributed by atoms with Gasteiger partial charge in [-0.3, -0.25) is 0 Å². The van der Waals surface area contributed by atoms with Crippen LogP contribution in [0, 0.1) is 12.3 Å². The molecule has 1 rings (SSSR count). The molecule has 0 aromatic carbocycles. The maximum atomic E-state index is 10.4. The second kappa shape index (κ2) is 3.48. The molecule has 0 radical (unpaired) electrons. The molecule has 0 unspecified atom stereocenters. The van der Waals surface area contributed by atoms with Crippen molar-refractivity contribution < 1.29 is 9.90 Å². The third-order valence-electron chi connectivity index (χ3n) is 2.33. The lowest BCUT2D eigenvalue weighted by Crippen LogP contribution is -2.48. The Morgan fingerprint density at radius 1 is 1.42 bits per heavy atom. The summed E-state index contributed by atoms with van der Waals surface area (Å²) in [5, 5.41) is 11.0. The molecule has 1 amide bonds. The summed E-state index contributed by atoms with van der Waals surface area (Å²) in [7, 11) is 0. The van der Waals surface area contributed by atoms with E-state index in [2.05, 4.69) is 11.2 Å². The van der Waals surface area contributed by atoms with Crippen LogP contribution in [0.15, 0.2) is 0 Å². The molecular weight excluding hydrogens is 154 g/mol. The zero-order valence-electron chi connectivity index (χ0n) is 6.97. The van der Waals surface area contributed by atoms with E-state index in [1.807, 2.05) is 0 Å². The van der Waals surface area contributed by atoms with E-state index in [4.69, 9.17) is 11.5 Å². The van der Waals surface area contributed by atoms with Crippen LogP contribution in [0.3, 0.4) is 0 Å². The molecule has 3 nitrogen and oxygen atoms in total. The molecular formula is C9H13NO2. The van der Waals surface area contributed by atoms with Gasteiger partial charge in [-0.15, -0.1) is 6.42 Å². The number of nitrogens with one attached hydrogen (secondary N) is 1. The minimum atomic E-state index is -1.02. The van der Waals surface area contributed by atoms with E-state index < -0.39 is 11.6 Å². The Labute approximate surface area is 72.2 Å². The third kappa shape index (κ3) is 1.91. The number of carbonyl (C=O) groups is 1. The molecule has 0 bridgehead atoms. The first-order chi connectivity index (χ1) is 5.68. The summed E-state index contributed by atoms with van der Waals surface area (Å²) >= 11 is 0. The molecule has 0 aromatic rings. The summed E-state index contributed by atoms with van der Waals surface area (Å²) in [5.74, 6) is 2.56. The Kier molecular flexibility index (Phi) is 2.59. The lowest BCUT2D eigenvalue weighted by Gasteiger charge is -2.31. The van der Waals surface area contributed by atoms with Crippen molar-refractivity contribution in [1.29, 1.82) is 0 Å². The number of rotatable bonds is 1. The largest absolute Gasteiger partial charge is 0.465 e. The van der Waals surface area contributed by atoms with Crippen molar-refractivity contribution in [2.75, 3.05) is 0 Å². The highest BCUT2D eigenvalue weighted by atomic mass is 16.4. The van der Waals surface area contributed by atoms with Gasteiger partial charge in [-0.25, -0.2) is 4.79 Å². The van der Waals surface area contributed by atoms with E-state index in [-0.39, 0.29) is 0 Å². The summed E-state index contributed by atoms with van der Waals surface area (Å²) < 4.78 is 0. The van der Waals surface area contributed by atoms with Gasteiger partial charge in [0.05, 0.1) is 0 Å². The zero-order chi connectivity index (χ0) is 9.03. The Hall–Kier alpha value is -1.17. The van der Waals surface area contributed by atoms with Gasteiger partial charge in [0.15, 0.2) is 0 Å². The molecule has 66 valence electrons. The Morgan fingerprint density at radius 3 is 2.42 bits per heavy atom. The Bertz CT molecular complexity index is 211. The fraction of sp³-hybridized carbons (Fsp3) is 0.667. The molecule has 0 spiro atoms. The second-order valence-electron chi connectivity index (χ2n) is 3.22. The first kappa shape index (κ1) is 8.92. The number of hydrogen-bond donors (Lipinski definition) is 2. The second-order valence-corrected chi connectivity index (χ2v) is 3.22. The Morgan fingerprint density at radius 2 is 2.00 bits per heavy atom. The van der Waals surface area contributed by atoms with Crippen molar-refractivity contribution >= 4 is 6.09 Å². The van der Waals surface area contributed by atoms with E-state index in [1.54, 1.807) is 0 Å². The van der Waals surface area contributed by atoms with Crippen LogP contribution in [-0.4, -0.2) is 16.7 Å². The highest BCUT2D eigenvalue weighted by molar-refractivity contribution is 5.66. The van der Waals surface area contributed by atoms with Crippen molar-refractivity contribution in [2.45, 2.75) is 37.6 Å². The molecule has 0 saturated heterocycles. The monoisotopic (exact) mass is 167 g/mol. The van der Waals surface area contributed by atoms with Gasteiger partial charge in [0.2, 0.25) is 0 Å². The van der Waals surface area contributed by atoms with Gasteiger partial charge in [0.1, 0.15) is 5.54 Å². The van der Waals surface area contributed by atoms with E-state index in [9.17, 15) is 4.79 Å². The average Bonchev–Trinajstić information content (AvgIpc) is 2.05. The minimum Gasteiger partial charge on any atom is -0.465 e. The Balaban J connectivity index is 2.61. The summed E-state index contributed by atoms with van der Waals surface area (Å²) in [5.41, 5.74) is -0.579. The minimum absolute atomic E-state index is 0.579. The van der Waals surface area contributed by atoms with Crippen molar-refractivity contribution in [1.82, 2.24) is 5.32 Å². The van der Waals surface area contributed by atoms with Crippen LogP contribution in [0.2, 0.25) is 0 Å². The average molecular weight is 167 g/mol. The van der Waals surface area contributed by atoms with Crippen LogP contribution in [0.1, 0.15) is 32.1 Å². The van der Waals surface area contributed by atoms with E-state index in [0.29, 0.717) is 0 Å². The summed E-state index contributed by atoms with van der Waals surface area (Å²) in [6, 6.07) is 0. The van der Waals surface area contributed by atoms with Crippen LogP contribution >= 0.6 is 0 Å². The van der Waals surface area contributed by atoms with Crippen molar-refractivity contribution in [3.05, 3.63) is 0 Å². The fourth-order valence-corrected chi connectivity index (χ4v) is 1.67. The molecule has 0 aromatic heterocycles. The first-order valence-electron chi connectivity index (χ1n) is 4.17. The van der Waals surface area contributed by atoms with Gasteiger partial charge in [-0.05, 0) is 12.8 Å². The van der Waals surface area contributed by atoms with Gasteiger partial charge in [0, 0.05) is 0 Å². The molecule has 0 aliphatic heterocycles. The van der Waals surface area contributed by atoms with Gasteiger partial charge in [0.25, 0.3) is 0 Å². The van der Waals surface area contributed by atoms with Gasteiger partial charge < -0.3 is 10.4 Å². The highest BCUT2D eigenvalue weighted by Gasteiger charge is 2.31. The molecule has 1 aliphatic rings. The molecule has 1 saturated carbocycles. The lowest BCUT2D eigenvalue weighted by atomic mass is 9.82. The maximum absolute atomic E-state index is 10.4. The molecule has 0 atom stereocenters. The normalized spacial score (nSPS) is 20.9. The predicted molar refractivity (Wildman–Crippen MR) is 45.8 cm³/mol. The van der Waals surface area contributed by atoms with E-state index >= 15 is 0 Å². The third-order valence-corrected chi connectivity index (χ3v) is 2.33. The van der Waals surface area contributed by atoms with Crippen LogP contribution in [-0.2, 0) is 0 Å². The van der Waals surface area contributed by atoms with Crippen LogP contribution in [0.4, 0.5) is 4.79 Å². The number of terminal acetylenes is 1. The maximum Gasteiger partial charge on any atom is 0.405 e.